The predicted molar refractivity (Wildman–Crippen MR) is 68.9 cm³/mol. The molecule has 0 atom stereocenters. The molecule has 0 N–H and O–H groups in total. The molecular weight excluding hydrogens is 246 g/mol. The molecule has 0 radical (unpaired) electrons. The van der Waals surface area contributed by atoms with E-state index in [4.69, 9.17) is 9.25 Å². The van der Waals surface area contributed by atoms with Gasteiger partial charge in [-0.15, -0.1) is 5.06 Å². The lowest BCUT2D eigenvalue weighted by molar-refractivity contribution is -0.207. The lowest BCUT2D eigenvalue weighted by Gasteiger charge is -2.33. The monoisotopic (exact) mass is 267 g/mol. The largest absolute Gasteiger partial charge is 0.448 e. The van der Waals surface area contributed by atoms with Crippen LogP contribution in [0.2, 0.25) is 0 Å². The summed E-state index contributed by atoms with van der Waals surface area (Å²) in [5.74, 6) is 0.536. The van der Waals surface area contributed by atoms with E-state index in [1.165, 1.54) is 0 Å². The molecule has 0 aromatic carbocycles. The highest BCUT2D eigenvalue weighted by Gasteiger charge is 2.27. The van der Waals surface area contributed by atoms with Gasteiger partial charge in [-0.2, -0.15) is 0 Å². The summed E-state index contributed by atoms with van der Waals surface area (Å²) in [6, 6.07) is 0. The minimum absolute atomic E-state index is 0.186. The first-order valence-corrected chi connectivity index (χ1v) is 6.53. The number of hydrogen-bond acceptors (Lipinski definition) is 6. The predicted octanol–water partition coefficient (Wildman–Crippen LogP) is 1.30. The van der Waals surface area contributed by atoms with Crippen molar-refractivity contribution >= 4 is 5.97 Å². The van der Waals surface area contributed by atoms with E-state index >= 15 is 0 Å². The van der Waals surface area contributed by atoms with Crippen LogP contribution in [0.25, 0.3) is 0 Å². The van der Waals surface area contributed by atoms with Crippen LogP contribution in [0.1, 0.15) is 26.7 Å². The summed E-state index contributed by atoms with van der Waals surface area (Å²) >= 11 is 0. The van der Waals surface area contributed by atoms with Gasteiger partial charge in [0.25, 0.3) is 0 Å². The Morgan fingerprint density at radius 3 is 2.58 bits per heavy atom. The van der Waals surface area contributed by atoms with Crippen LogP contribution in [0, 0.1) is 5.41 Å². The van der Waals surface area contributed by atoms with Crippen LogP contribution in [-0.4, -0.2) is 47.1 Å². The minimum Gasteiger partial charge on any atom is -0.448 e. The Balaban J connectivity index is 1.75. The molecule has 1 saturated heterocycles. The molecule has 0 bridgehead atoms. The third-order valence-electron chi connectivity index (χ3n) is 3.00. The number of aromatic nitrogens is 1. The number of hydroxylamine groups is 2. The molecule has 1 aliphatic rings. The SMILES string of the molecule is CC(C)(C)C(=O)ON1CCN(Cc2ncco2)CC1. The van der Waals surface area contributed by atoms with Gasteiger partial charge in [0.05, 0.1) is 18.2 Å². The average Bonchev–Trinajstić information content (AvgIpc) is 2.83. The van der Waals surface area contributed by atoms with Crippen molar-refractivity contribution < 1.29 is 14.0 Å². The lowest BCUT2D eigenvalue weighted by atomic mass is 9.98. The van der Waals surface area contributed by atoms with Crippen LogP contribution in [0.15, 0.2) is 16.9 Å². The first kappa shape index (κ1) is 14.0. The summed E-state index contributed by atoms with van der Waals surface area (Å²) in [7, 11) is 0. The molecule has 1 aromatic heterocycles. The first-order chi connectivity index (χ1) is 8.95. The lowest BCUT2D eigenvalue weighted by Crippen LogP contribution is -2.47. The summed E-state index contributed by atoms with van der Waals surface area (Å²) in [5, 5.41) is 1.74. The highest BCUT2D eigenvalue weighted by molar-refractivity contribution is 5.75. The van der Waals surface area contributed by atoms with E-state index in [1.54, 1.807) is 17.5 Å². The first-order valence-electron chi connectivity index (χ1n) is 6.53. The quantitative estimate of drug-likeness (QED) is 0.822. The van der Waals surface area contributed by atoms with E-state index < -0.39 is 5.41 Å². The molecule has 1 aliphatic heterocycles. The average molecular weight is 267 g/mol. The van der Waals surface area contributed by atoms with E-state index in [9.17, 15) is 4.79 Å². The molecule has 106 valence electrons. The molecule has 2 rings (SSSR count). The van der Waals surface area contributed by atoms with Crippen LogP contribution in [0.5, 0.6) is 0 Å². The van der Waals surface area contributed by atoms with E-state index in [-0.39, 0.29) is 5.97 Å². The Morgan fingerprint density at radius 1 is 1.37 bits per heavy atom. The second-order valence-corrected chi connectivity index (χ2v) is 5.76. The molecule has 2 heterocycles. The molecule has 0 spiro atoms. The zero-order valence-electron chi connectivity index (χ0n) is 11.8. The normalized spacial score (nSPS) is 18.5. The molecule has 6 nitrogen and oxygen atoms in total. The van der Waals surface area contributed by atoms with Crippen molar-refractivity contribution in [1.82, 2.24) is 14.9 Å². The summed E-state index contributed by atoms with van der Waals surface area (Å²) in [5.41, 5.74) is -0.463. The van der Waals surface area contributed by atoms with Gasteiger partial charge in [0, 0.05) is 26.2 Å². The zero-order valence-corrected chi connectivity index (χ0v) is 11.8. The Morgan fingerprint density at radius 2 is 2.05 bits per heavy atom. The number of piperazine rings is 1. The minimum atomic E-state index is -0.463. The van der Waals surface area contributed by atoms with E-state index in [0.29, 0.717) is 19.6 Å². The molecule has 0 unspecified atom stereocenters. The van der Waals surface area contributed by atoms with Crippen molar-refractivity contribution in [2.75, 3.05) is 26.2 Å². The number of oxazole rings is 1. The van der Waals surface area contributed by atoms with Crippen LogP contribution in [0.4, 0.5) is 0 Å². The molecule has 1 fully saturated rings. The van der Waals surface area contributed by atoms with Crippen LogP contribution in [0.3, 0.4) is 0 Å². The number of nitrogens with zero attached hydrogens (tertiary/aromatic N) is 3. The van der Waals surface area contributed by atoms with Crippen molar-refractivity contribution in [3.05, 3.63) is 18.4 Å². The van der Waals surface area contributed by atoms with Crippen molar-refractivity contribution in [2.24, 2.45) is 5.41 Å². The molecule has 0 saturated carbocycles. The van der Waals surface area contributed by atoms with E-state index in [0.717, 1.165) is 19.0 Å². The van der Waals surface area contributed by atoms with Crippen molar-refractivity contribution in [1.29, 1.82) is 0 Å². The Hall–Kier alpha value is -1.40. The fourth-order valence-corrected chi connectivity index (χ4v) is 1.76. The van der Waals surface area contributed by atoms with Crippen molar-refractivity contribution in [3.63, 3.8) is 0 Å². The van der Waals surface area contributed by atoms with Gasteiger partial charge in [0.2, 0.25) is 5.89 Å². The third kappa shape index (κ3) is 4.04. The van der Waals surface area contributed by atoms with Gasteiger partial charge in [-0.3, -0.25) is 4.90 Å². The van der Waals surface area contributed by atoms with Gasteiger partial charge in [0.1, 0.15) is 6.26 Å². The second-order valence-electron chi connectivity index (χ2n) is 5.76. The van der Waals surface area contributed by atoms with Gasteiger partial charge in [0.15, 0.2) is 0 Å². The van der Waals surface area contributed by atoms with E-state index in [1.807, 2.05) is 20.8 Å². The zero-order chi connectivity index (χ0) is 13.9. The number of rotatable bonds is 3. The summed E-state index contributed by atoms with van der Waals surface area (Å²) in [4.78, 5) is 23.5. The molecule has 0 amide bonds. The number of carbonyl (C=O) groups excluding carboxylic acids is 1. The van der Waals surface area contributed by atoms with Crippen molar-refractivity contribution in [3.8, 4) is 0 Å². The number of hydrogen-bond donors (Lipinski definition) is 0. The Kier molecular flexibility index (Phi) is 4.21. The van der Waals surface area contributed by atoms with Crippen molar-refractivity contribution in [2.45, 2.75) is 27.3 Å². The standard InChI is InChI=1S/C13H21N3O3/c1-13(2,3)12(17)19-16-7-5-15(6-8-16)10-11-14-4-9-18-11/h4,9H,5-8,10H2,1-3H3. The van der Waals surface area contributed by atoms with Gasteiger partial charge >= 0.3 is 5.97 Å². The topological polar surface area (TPSA) is 58.8 Å². The second kappa shape index (κ2) is 5.71. The van der Waals surface area contributed by atoms with Crippen LogP contribution < -0.4 is 0 Å². The van der Waals surface area contributed by atoms with Gasteiger partial charge in [-0.25, -0.2) is 9.78 Å². The fraction of sp³-hybridized carbons (Fsp3) is 0.692. The number of carbonyl (C=O) groups is 1. The van der Waals surface area contributed by atoms with Gasteiger partial charge in [-0.05, 0) is 20.8 Å². The Labute approximate surface area is 113 Å². The highest BCUT2D eigenvalue weighted by atomic mass is 16.7. The molecule has 0 aliphatic carbocycles. The van der Waals surface area contributed by atoms with E-state index in [2.05, 4.69) is 9.88 Å². The summed E-state index contributed by atoms with van der Waals surface area (Å²) in [6.07, 6.45) is 3.23. The fourth-order valence-electron chi connectivity index (χ4n) is 1.76. The molecule has 6 heteroatoms. The van der Waals surface area contributed by atoms with Gasteiger partial charge < -0.3 is 9.25 Å². The smallest absolute Gasteiger partial charge is 0.330 e. The summed E-state index contributed by atoms with van der Waals surface area (Å²) < 4.78 is 5.22. The van der Waals surface area contributed by atoms with Gasteiger partial charge in [-0.1, -0.05) is 0 Å². The Bertz CT molecular complexity index is 403. The maximum absolute atomic E-state index is 11.8. The molecule has 19 heavy (non-hydrogen) atoms. The summed E-state index contributed by atoms with van der Waals surface area (Å²) in [6.45, 7) is 9.36. The molecular formula is C13H21N3O3. The highest BCUT2D eigenvalue weighted by Crippen LogP contribution is 2.17. The molecule has 1 aromatic rings. The van der Waals surface area contributed by atoms with Crippen LogP contribution in [-0.2, 0) is 16.2 Å². The maximum Gasteiger partial charge on any atom is 0.330 e. The maximum atomic E-state index is 11.8. The third-order valence-corrected chi connectivity index (χ3v) is 3.00. The van der Waals surface area contributed by atoms with Crippen LogP contribution >= 0.6 is 0 Å².